The molecule has 6 heteroatoms. The summed E-state index contributed by atoms with van der Waals surface area (Å²) >= 11 is 0. The second kappa shape index (κ2) is 6.94. The van der Waals surface area contributed by atoms with E-state index in [9.17, 15) is 4.79 Å². The predicted molar refractivity (Wildman–Crippen MR) is 70.0 cm³/mol. The van der Waals surface area contributed by atoms with E-state index >= 15 is 0 Å². The van der Waals surface area contributed by atoms with Crippen LogP contribution in [0.4, 0.5) is 4.79 Å². The number of ether oxygens (including phenoxy) is 2. The lowest BCUT2D eigenvalue weighted by atomic mass is 10.1. The first-order valence-electron chi connectivity index (χ1n) is 6.37. The number of hydrogen-bond acceptors (Lipinski definition) is 4. The van der Waals surface area contributed by atoms with E-state index in [0.29, 0.717) is 30.5 Å². The fraction of sp³-hybridized carbons (Fsp3) is 0.538. The number of urea groups is 1. The average Bonchev–Trinajstić information content (AvgIpc) is 2.96. The molecule has 1 saturated heterocycles. The summed E-state index contributed by atoms with van der Waals surface area (Å²) in [6.45, 7) is 2.51. The Morgan fingerprint density at radius 3 is 3.21 bits per heavy atom. The van der Waals surface area contributed by atoms with Crippen LogP contribution in [0, 0.1) is 5.92 Å². The van der Waals surface area contributed by atoms with E-state index in [4.69, 9.17) is 9.47 Å². The maximum absolute atomic E-state index is 11.6. The Morgan fingerprint density at radius 1 is 1.58 bits per heavy atom. The van der Waals surface area contributed by atoms with Crippen molar-refractivity contribution in [3.05, 3.63) is 24.0 Å². The Balaban J connectivity index is 1.73. The molecule has 6 nitrogen and oxygen atoms in total. The van der Waals surface area contributed by atoms with Gasteiger partial charge >= 0.3 is 6.03 Å². The van der Waals surface area contributed by atoms with Crippen molar-refractivity contribution >= 4 is 6.03 Å². The van der Waals surface area contributed by atoms with Gasteiger partial charge in [-0.2, -0.15) is 0 Å². The number of nitrogens with zero attached hydrogens (tertiary/aromatic N) is 1. The molecule has 1 aliphatic heterocycles. The zero-order valence-corrected chi connectivity index (χ0v) is 11.0. The number of hydrogen-bond donors (Lipinski definition) is 2. The predicted octanol–water partition coefficient (Wildman–Crippen LogP) is 0.926. The molecule has 1 unspecified atom stereocenters. The number of carbonyl (C=O) groups is 1. The standard InChI is InChI=1S/C13H19N3O3/c1-18-12-3-2-5-14-11(12)8-16-13(17)15-7-10-4-6-19-9-10/h2-3,5,10H,4,6-9H2,1H3,(H2,15,16,17). The molecule has 1 aromatic rings. The molecule has 0 bridgehead atoms. The van der Waals surface area contributed by atoms with Crippen LogP contribution in [-0.2, 0) is 11.3 Å². The van der Waals surface area contributed by atoms with Crippen molar-refractivity contribution in [1.82, 2.24) is 15.6 Å². The number of nitrogens with one attached hydrogen (secondary N) is 2. The van der Waals surface area contributed by atoms with Gasteiger partial charge in [0.2, 0.25) is 0 Å². The third-order valence-electron chi connectivity index (χ3n) is 3.06. The minimum absolute atomic E-state index is 0.195. The summed E-state index contributed by atoms with van der Waals surface area (Å²) in [6.07, 6.45) is 2.68. The molecule has 19 heavy (non-hydrogen) atoms. The van der Waals surface area contributed by atoms with Crippen LogP contribution in [-0.4, -0.2) is 37.9 Å². The van der Waals surface area contributed by atoms with Crippen molar-refractivity contribution < 1.29 is 14.3 Å². The van der Waals surface area contributed by atoms with Gasteiger partial charge < -0.3 is 20.1 Å². The maximum Gasteiger partial charge on any atom is 0.315 e. The number of pyridine rings is 1. The van der Waals surface area contributed by atoms with Crippen molar-refractivity contribution in [3.63, 3.8) is 0 Å². The molecular formula is C13H19N3O3. The van der Waals surface area contributed by atoms with Gasteiger partial charge in [-0.25, -0.2) is 4.79 Å². The molecule has 0 aliphatic carbocycles. The largest absolute Gasteiger partial charge is 0.495 e. The van der Waals surface area contributed by atoms with Crippen LogP contribution in [0.5, 0.6) is 5.75 Å². The maximum atomic E-state index is 11.6. The highest BCUT2D eigenvalue weighted by Gasteiger charge is 2.16. The molecule has 0 saturated carbocycles. The van der Waals surface area contributed by atoms with Crippen LogP contribution in [0.25, 0.3) is 0 Å². The molecular weight excluding hydrogens is 246 g/mol. The number of carbonyl (C=O) groups excluding carboxylic acids is 1. The van der Waals surface area contributed by atoms with Crippen molar-refractivity contribution in [2.75, 3.05) is 26.9 Å². The molecule has 2 N–H and O–H groups in total. The Hall–Kier alpha value is -1.82. The van der Waals surface area contributed by atoms with E-state index in [2.05, 4.69) is 15.6 Å². The molecule has 1 aromatic heterocycles. The van der Waals surface area contributed by atoms with E-state index in [1.807, 2.05) is 6.07 Å². The lowest BCUT2D eigenvalue weighted by molar-refractivity contribution is 0.185. The Kier molecular flexibility index (Phi) is 4.97. The lowest BCUT2D eigenvalue weighted by Gasteiger charge is -2.11. The normalized spacial score (nSPS) is 18.1. The summed E-state index contributed by atoms with van der Waals surface area (Å²) in [6, 6.07) is 3.42. The number of rotatable bonds is 5. The third kappa shape index (κ3) is 4.10. The molecule has 2 amide bonds. The van der Waals surface area contributed by atoms with Crippen molar-refractivity contribution in [2.24, 2.45) is 5.92 Å². The molecule has 0 aromatic carbocycles. The summed E-state index contributed by atoms with van der Waals surface area (Å²) in [5.74, 6) is 1.10. The smallest absolute Gasteiger partial charge is 0.315 e. The zero-order valence-electron chi connectivity index (χ0n) is 11.0. The van der Waals surface area contributed by atoms with Crippen molar-refractivity contribution in [2.45, 2.75) is 13.0 Å². The molecule has 1 aliphatic rings. The van der Waals surface area contributed by atoms with Gasteiger partial charge in [0.1, 0.15) is 11.4 Å². The van der Waals surface area contributed by atoms with Crippen LogP contribution in [0.1, 0.15) is 12.1 Å². The number of aromatic nitrogens is 1. The first-order chi connectivity index (χ1) is 9.29. The summed E-state index contributed by atoms with van der Waals surface area (Å²) in [7, 11) is 1.58. The van der Waals surface area contributed by atoms with Gasteiger partial charge in [-0.1, -0.05) is 0 Å². The van der Waals surface area contributed by atoms with E-state index in [0.717, 1.165) is 19.6 Å². The lowest BCUT2D eigenvalue weighted by Crippen LogP contribution is -2.38. The van der Waals surface area contributed by atoms with E-state index in [-0.39, 0.29) is 6.03 Å². The third-order valence-corrected chi connectivity index (χ3v) is 3.06. The average molecular weight is 265 g/mol. The molecule has 104 valence electrons. The molecule has 0 radical (unpaired) electrons. The fourth-order valence-electron chi connectivity index (χ4n) is 1.95. The van der Waals surface area contributed by atoms with Crippen LogP contribution in [0.2, 0.25) is 0 Å². The van der Waals surface area contributed by atoms with Crippen LogP contribution < -0.4 is 15.4 Å². The quantitative estimate of drug-likeness (QED) is 0.830. The number of amides is 2. The van der Waals surface area contributed by atoms with Crippen molar-refractivity contribution in [3.8, 4) is 5.75 Å². The van der Waals surface area contributed by atoms with Gasteiger partial charge in [0.15, 0.2) is 0 Å². The Bertz CT molecular complexity index is 419. The Labute approximate surface area is 112 Å². The minimum Gasteiger partial charge on any atom is -0.495 e. The highest BCUT2D eigenvalue weighted by atomic mass is 16.5. The fourth-order valence-corrected chi connectivity index (χ4v) is 1.95. The summed E-state index contributed by atoms with van der Waals surface area (Å²) in [5, 5.41) is 5.60. The van der Waals surface area contributed by atoms with Gasteiger partial charge in [0, 0.05) is 25.3 Å². The monoisotopic (exact) mass is 265 g/mol. The van der Waals surface area contributed by atoms with Gasteiger partial charge in [0.05, 0.1) is 20.3 Å². The van der Waals surface area contributed by atoms with E-state index in [1.54, 1.807) is 19.4 Å². The van der Waals surface area contributed by atoms with Crippen LogP contribution in [0.3, 0.4) is 0 Å². The zero-order chi connectivity index (χ0) is 13.5. The van der Waals surface area contributed by atoms with Gasteiger partial charge in [-0.15, -0.1) is 0 Å². The van der Waals surface area contributed by atoms with Crippen molar-refractivity contribution in [1.29, 1.82) is 0 Å². The SMILES string of the molecule is COc1cccnc1CNC(=O)NCC1CCOC1. The summed E-state index contributed by atoms with van der Waals surface area (Å²) < 4.78 is 10.4. The van der Waals surface area contributed by atoms with E-state index < -0.39 is 0 Å². The first kappa shape index (κ1) is 13.6. The highest BCUT2D eigenvalue weighted by molar-refractivity contribution is 5.73. The molecule has 1 atom stereocenters. The van der Waals surface area contributed by atoms with E-state index in [1.165, 1.54) is 0 Å². The molecule has 2 heterocycles. The van der Waals surface area contributed by atoms with Gasteiger partial charge in [-0.3, -0.25) is 4.98 Å². The van der Waals surface area contributed by atoms with Gasteiger partial charge in [-0.05, 0) is 18.6 Å². The summed E-state index contributed by atoms with van der Waals surface area (Å²) in [4.78, 5) is 15.8. The van der Waals surface area contributed by atoms with Crippen LogP contribution >= 0.6 is 0 Å². The Morgan fingerprint density at radius 2 is 2.47 bits per heavy atom. The topological polar surface area (TPSA) is 72.5 Å². The second-order valence-electron chi connectivity index (χ2n) is 4.45. The summed E-state index contributed by atoms with van der Waals surface area (Å²) in [5.41, 5.74) is 0.712. The first-order valence-corrected chi connectivity index (χ1v) is 6.37. The second-order valence-corrected chi connectivity index (χ2v) is 4.45. The highest BCUT2D eigenvalue weighted by Crippen LogP contribution is 2.13. The van der Waals surface area contributed by atoms with Gasteiger partial charge in [0.25, 0.3) is 0 Å². The number of methoxy groups -OCH3 is 1. The van der Waals surface area contributed by atoms with Crippen LogP contribution in [0.15, 0.2) is 18.3 Å². The molecule has 1 fully saturated rings. The minimum atomic E-state index is -0.195. The molecule has 0 spiro atoms. The molecule has 2 rings (SSSR count).